The standard InChI is InChI=1S/C24H24F2N2O5S/c1-2-20-28(19(12-34-20)21(29)30)22(31)24(25,26)13-27-23(32)33-11-18-16-9-5-3-7-14(16)15-8-4-6-10-17(15)18/h3-10,18-20H,2,11-13H2,1H3,(H,27,32)(H,29,30). The second-order valence-electron chi connectivity index (χ2n) is 8.15. The molecule has 10 heteroatoms. The maximum atomic E-state index is 14.6. The van der Waals surface area contributed by atoms with E-state index in [4.69, 9.17) is 4.74 Å². The van der Waals surface area contributed by atoms with Gasteiger partial charge in [0, 0.05) is 11.7 Å². The molecule has 2 amide bonds. The van der Waals surface area contributed by atoms with Crippen LogP contribution in [0.15, 0.2) is 48.5 Å². The van der Waals surface area contributed by atoms with Crippen molar-refractivity contribution >= 4 is 29.7 Å². The number of carboxylic acids is 1. The third kappa shape index (κ3) is 4.46. The van der Waals surface area contributed by atoms with E-state index in [0.717, 1.165) is 34.0 Å². The molecule has 2 unspecified atom stereocenters. The van der Waals surface area contributed by atoms with E-state index < -0.39 is 41.9 Å². The quantitative estimate of drug-likeness (QED) is 0.611. The highest BCUT2D eigenvalue weighted by Gasteiger charge is 2.50. The first-order valence-corrected chi connectivity index (χ1v) is 11.9. The molecule has 2 aromatic rings. The second-order valence-corrected chi connectivity index (χ2v) is 9.36. The van der Waals surface area contributed by atoms with E-state index in [9.17, 15) is 28.3 Å². The third-order valence-corrected chi connectivity index (χ3v) is 7.53. The Hall–Kier alpha value is -3.14. The summed E-state index contributed by atoms with van der Waals surface area (Å²) in [7, 11) is 0. The van der Waals surface area contributed by atoms with Gasteiger partial charge in [-0.1, -0.05) is 55.5 Å². The van der Waals surface area contributed by atoms with Crippen molar-refractivity contribution in [3.63, 3.8) is 0 Å². The molecule has 1 fully saturated rings. The number of alkyl halides is 2. The number of ether oxygens (including phenoxy) is 1. The molecular formula is C24H24F2N2O5S. The molecule has 2 N–H and O–H groups in total. The Morgan fingerprint density at radius 2 is 1.71 bits per heavy atom. The first-order chi connectivity index (χ1) is 16.2. The van der Waals surface area contributed by atoms with E-state index in [-0.39, 0.29) is 18.3 Å². The lowest BCUT2D eigenvalue weighted by atomic mass is 9.98. The number of nitrogens with one attached hydrogen (secondary N) is 1. The number of hydrogen-bond donors (Lipinski definition) is 2. The van der Waals surface area contributed by atoms with Gasteiger partial charge in [-0.3, -0.25) is 4.79 Å². The highest BCUT2D eigenvalue weighted by Crippen LogP contribution is 2.44. The van der Waals surface area contributed by atoms with E-state index in [1.54, 1.807) is 6.92 Å². The largest absolute Gasteiger partial charge is 0.480 e. The van der Waals surface area contributed by atoms with Gasteiger partial charge >= 0.3 is 18.0 Å². The molecule has 1 aliphatic carbocycles. The van der Waals surface area contributed by atoms with Crippen molar-refractivity contribution in [2.45, 2.75) is 36.6 Å². The topological polar surface area (TPSA) is 95.9 Å². The summed E-state index contributed by atoms with van der Waals surface area (Å²) in [5.41, 5.74) is 4.03. The molecule has 2 atom stereocenters. The zero-order valence-electron chi connectivity index (χ0n) is 18.4. The molecule has 1 aliphatic heterocycles. The minimum absolute atomic E-state index is 0.0372. The van der Waals surface area contributed by atoms with Crippen molar-refractivity contribution in [2.75, 3.05) is 18.9 Å². The Kier molecular flexibility index (Phi) is 6.79. The predicted octanol–water partition coefficient (Wildman–Crippen LogP) is 3.93. The molecule has 0 aromatic heterocycles. The maximum absolute atomic E-state index is 14.6. The van der Waals surface area contributed by atoms with Crippen LogP contribution in [0.5, 0.6) is 0 Å². The maximum Gasteiger partial charge on any atom is 0.407 e. The molecule has 0 spiro atoms. The Morgan fingerprint density at radius 1 is 1.12 bits per heavy atom. The van der Waals surface area contributed by atoms with Gasteiger partial charge in [-0.15, -0.1) is 11.8 Å². The molecule has 0 bridgehead atoms. The van der Waals surface area contributed by atoms with Crippen LogP contribution in [0.3, 0.4) is 0 Å². The summed E-state index contributed by atoms with van der Waals surface area (Å²) < 4.78 is 34.5. The lowest BCUT2D eigenvalue weighted by Crippen LogP contribution is -2.55. The predicted molar refractivity (Wildman–Crippen MR) is 123 cm³/mol. The Balaban J connectivity index is 1.38. The van der Waals surface area contributed by atoms with Crippen molar-refractivity contribution in [3.05, 3.63) is 59.7 Å². The number of benzene rings is 2. The fourth-order valence-electron chi connectivity index (χ4n) is 4.44. The van der Waals surface area contributed by atoms with Gasteiger partial charge in [0.15, 0.2) is 0 Å². The molecule has 1 heterocycles. The zero-order valence-corrected chi connectivity index (χ0v) is 19.2. The molecule has 1 saturated heterocycles. The average molecular weight is 491 g/mol. The van der Waals surface area contributed by atoms with Crippen LogP contribution < -0.4 is 5.32 Å². The van der Waals surface area contributed by atoms with Gasteiger partial charge < -0.3 is 20.1 Å². The van der Waals surface area contributed by atoms with Gasteiger partial charge in [0.1, 0.15) is 12.6 Å². The summed E-state index contributed by atoms with van der Waals surface area (Å²) in [5.74, 6) is -7.12. The van der Waals surface area contributed by atoms with E-state index >= 15 is 0 Å². The van der Waals surface area contributed by atoms with Gasteiger partial charge in [0.05, 0.1) is 11.9 Å². The van der Waals surface area contributed by atoms with E-state index in [1.807, 2.05) is 53.8 Å². The van der Waals surface area contributed by atoms with Gasteiger partial charge in [-0.25, -0.2) is 9.59 Å². The minimum Gasteiger partial charge on any atom is -0.480 e. The smallest absolute Gasteiger partial charge is 0.407 e. The van der Waals surface area contributed by atoms with Crippen LogP contribution in [0, 0.1) is 0 Å². The lowest BCUT2D eigenvalue weighted by molar-refractivity contribution is -0.164. The monoisotopic (exact) mass is 490 g/mol. The number of halogens is 2. The average Bonchev–Trinajstić information content (AvgIpc) is 3.40. The van der Waals surface area contributed by atoms with Crippen LogP contribution in [-0.2, 0) is 14.3 Å². The van der Waals surface area contributed by atoms with Gasteiger partial charge in [-0.2, -0.15) is 8.78 Å². The fraction of sp³-hybridized carbons (Fsp3) is 0.375. The van der Waals surface area contributed by atoms with Gasteiger partial charge in [0.2, 0.25) is 0 Å². The highest BCUT2D eigenvalue weighted by atomic mass is 32.2. The molecule has 34 heavy (non-hydrogen) atoms. The third-order valence-electron chi connectivity index (χ3n) is 6.07. The number of thioether (sulfide) groups is 1. The first-order valence-electron chi connectivity index (χ1n) is 10.9. The highest BCUT2D eigenvalue weighted by molar-refractivity contribution is 8.00. The summed E-state index contributed by atoms with van der Waals surface area (Å²) in [6.45, 7) is 0.350. The molecule has 0 radical (unpaired) electrons. The summed E-state index contributed by atoms with van der Waals surface area (Å²) in [6.07, 6.45) is -0.747. The van der Waals surface area contributed by atoms with Crippen LogP contribution in [0.25, 0.3) is 11.1 Å². The van der Waals surface area contributed by atoms with E-state index in [2.05, 4.69) is 0 Å². The number of aliphatic carboxylic acids is 1. The van der Waals surface area contributed by atoms with E-state index in [0.29, 0.717) is 11.3 Å². The number of rotatable bonds is 7. The summed E-state index contributed by atoms with van der Waals surface area (Å²) in [4.78, 5) is 36.9. The molecule has 180 valence electrons. The molecule has 4 rings (SSSR count). The zero-order chi connectivity index (χ0) is 24.5. The Labute approximate surface area is 199 Å². The van der Waals surface area contributed by atoms with Crippen molar-refractivity contribution in [3.8, 4) is 11.1 Å². The van der Waals surface area contributed by atoms with Crippen LogP contribution in [-0.4, -0.2) is 64.2 Å². The number of carboxylic acid groups (broad SMARTS) is 1. The molecule has 2 aromatic carbocycles. The van der Waals surface area contributed by atoms with Crippen molar-refractivity contribution in [2.24, 2.45) is 0 Å². The molecule has 7 nitrogen and oxygen atoms in total. The van der Waals surface area contributed by atoms with Gasteiger partial charge in [-0.05, 0) is 28.7 Å². The lowest BCUT2D eigenvalue weighted by Gasteiger charge is -2.30. The molecule has 0 saturated carbocycles. The number of nitrogens with zero attached hydrogens (tertiary/aromatic N) is 1. The molecular weight excluding hydrogens is 466 g/mol. The molecule has 2 aliphatic rings. The summed E-state index contributed by atoms with van der Waals surface area (Å²) >= 11 is 1.15. The van der Waals surface area contributed by atoms with Crippen molar-refractivity contribution < 1.29 is 33.0 Å². The van der Waals surface area contributed by atoms with Crippen molar-refractivity contribution in [1.29, 1.82) is 0 Å². The number of fused-ring (bicyclic) bond motifs is 3. The van der Waals surface area contributed by atoms with E-state index in [1.165, 1.54) is 0 Å². The van der Waals surface area contributed by atoms with Crippen LogP contribution >= 0.6 is 11.8 Å². The summed E-state index contributed by atoms with van der Waals surface area (Å²) in [5, 5.41) is 10.6. The number of amides is 2. The second kappa shape index (κ2) is 9.61. The number of hydrogen-bond acceptors (Lipinski definition) is 5. The fourth-order valence-corrected chi connectivity index (χ4v) is 5.78. The Bertz CT molecular complexity index is 1070. The van der Waals surface area contributed by atoms with Crippen LogP contribution in [0.4, 0.5) is 13.6 Å². The summed E-state index contributed by atoms with van der Waals surface area (Å²) in [6, 6.07) is 14.1. The minimum atomic E-state index is -3.97. The SMILES string of the molecule is CCC1SCC(C(=O)O)N1C(=O)C(F)(F)CNC(=O)OCC1c2ccccc2-c2ccccc21. The van der Waals surface area contributed by atoms with Crippen LogP contribution in [0.1, 0.15) is 30.4 Å². The normalized spacial score (nSPS) is 19.4. The number of carbonyl (C=O) groups is 3. The van der Waals surface area contributed by atoms with Crippen molar-refractivity contribution in [1.82, 2.24) is 10.2 Å². The van der Waals surface area contributed by atoms with Gasteiger partial charge in [0.25, 0.3) is 5.91 Å². The number of carbonyl (C=O) groups excluding carboxylic acids is 2. The Morgan fingerprint density at radius 3 is 2.26 bits per heavy atom. The van der Waals surface area contributed by atoms with Crippen LogP contribution in [0.2, 0.25) is 0 Å². The first kappa shape index (κ1) is 24.0. The number of alkyl carbamates (subject to hydrolysis) is 1.